The van der Waals surface area contributed by atoms with E-state index in [1.165, 1.54) is 7.11 Å². The molecular formula is C19H20N2O4. The van der Waals surface area contributed by atoms with E-state index in [9.17, 15) is 14.4 Å². The van der Waals surface area contributed by atoms with Gasteiger partial charge in [0.25, 0.3) is 5.91 Å². The number of amides is 1. The van der Waals surface area contributed by atoms with Gasteiger partial charge < -0.3 is 15.0 Å². The van der Waals surface area contributed by atoms with Gasteiger partial charge in [-0.2, -0.15) is 0 Å². The molecule has 0 radical (unpaired) electrons. The largest absolute Gasteiger partial charge is 0.465 e. The van der Waals surface area contributed by atoms with Crippen LogP contribution in [0.2, 0.25) is 0 Å². The first-order valence-electron chi connectivity index (χ1n) is 8.21. The standard InChI is InChI=1S/C19H20N2O4/c1-11-16-14(4-3-5-15(16)22)21-17(11)18(23)20-10-12-6-8-13(9-7-12)19(24)25-2/h6-9,21H,3-5,10H2,1-2H3,(H,20,23). The van der Waals surface area contributed by atoms with Crippen LogP contribution in [0, 0.1) is 6.92 Å². The summed E-state index contributed by atoms with van der Waals surface area (Å²) < 4.78 is 4.65. The van der Waals surface area contributed by atoms with Crippen LogP contribution >= 0.6 is 0 Å². The van der Waals surface area contributed by atoms with E-state index in [0.717, 1.165) is 29.7 Å². The van der Waals surface area contributed by atoms with Crippen molar-refractivity contribution in [1.82, 2.24) is 10.3 Å². The lowest BCUT2D eigenvalue weighted by molar-refractivity contribution is 0.0600. The smallest absolute Gasteiger partial charge is 0.337 e. The van der Waals surface area contributed by atoms with E-state index < -0.39 is 5.97 Å². The second-order valence-electron chi connectivity index (χ2n) is 6.13. The van der Waals surface area contributed by atoms with E-state index >= 15 is 0 Å². The molecule has 0 saturated heterocycles. The number of Topliss-reactive ketones (excluding diaryl/α,β-unsaturated/α-hetero) is 1. The Labute approximate surface area is 145 Å². The van der Waals surface area contributed by atoms with Crippen molar-refractivity contribution in [2.24, 2.45) is 0 Å². The van der Waals surface area contributed by atoms with Gasteiger partial charge in [-0.05, 0) is 43.0 Å². The molecule has 0 aliphatic heterocycles. The predicted octanol–water partition coefficient (Wildman–Crippen LogP) is 2.56. The molecule has 0 saturated carbocycles. The Morgan fingerprint density at radius 1 is 1.20 bits per heavy atom. The predicted molar refractivity (Wildman–Crippen MR) is 91.7 cm³/mol. The number of benzene rings is 1. The topological polar surface area (TPSA) is 88.3 Å². The number of aromatic nitrogens is 1. The number of aromatic amines is 1. The number of hydrogen-bond donors (Lipinski definition) is 2. The summed E-state index contributed by atoms with van der Waals surface area (Å²) in [6.45, 7) is 2.13. The summed E-state index contributed by atoms with van der Waals surface area (Å²) in [5.74, 6) is -0.531. The van der Waals surface area contributed by atoms with Gasteiger partial charge in [-0.1, -0.05) is 12.1 Å². The molecule has 1 aromatic heterocycles. The molecule has 2 aromatic rings. The zero-order chi connectivity index (χ0) is 18.0. The van der Waals surface area contributed by atoms with Crippen molar-refractivity contribution in [3.8, 4) is 0 Å². The van der Waals surface area contributed by atoms with Gasteiger partial charge in [0.05, 0.1) is 12.7 Å². The van der Waals surface area contributed by atoms with Gasteiger partial charge in [0.2, 0.25) is 0 Å². The number of H-pyrrole nitrogens is 1. The number of aryl methyl sites for hydroxylation is 1. The van der Waals surface area contributed by atoms with Crippen LogP contribution in [0.4, 0.5) is 0 Å². The first-order chi connectivity index (χ1) is 12.0. The molecule has 25 heavy (non-hydrogen) atoms. The molecule has 130 valence electrons. The van der Waals surface area contributed by atoms with Crippen molar-refractivity contribution < 1.29 is 19.1 Å². The third-order valence-electron chi connectivity index (χ3n) is 4.49. The summed E-state index contributed by atoms with van der Waals surface area (Å²) in [6, 6.07) is 6.85. The fourth-order valence-electron chi connectivity index (χ4n) is 3.15. The van der Waals surface area contributed by atoms with Gasteiger partial charge in [-0.15, -0.1) is 0 Å². The number of ether oxygens (including phenoxy) is 1. The quantitative estimate of drug-likeness (QED) is 0.837. The molecule has 0 fully saturated rings. The summed E-state index contributed by atoms with van der Waals surface area (Å²) >= 11 is 0. The molecule has 0 spiro atoms. The second kappa shape index (κ2) is 6.93. The van der Waals surface area contributed by atoms with E-state index in [4.69, 9.17) is 0 Å². The molecule has 0 atom stereocenters. The van der Waals surface area contributed by atoms with Gasteiger partial charge in [-0.3, -0.25) is 9.59 Å². The maximum atomic E-state index is 12.5. The van der Waals surface area contributed by atoms with E-state index in [1.807, 2.05) is 0 Å². The van der Waals surface area contributed by atoms with Crippen molar-refractivity contribution in [3.05, 3.63) is 57.9 Å². The van der Waals surface area contributed by atoms with Crippen LogP contribution in [0.5, 0.6) is 0 Å². The van der Waals surface area contributed by atoms with Crippen LogP contribution in [0.25, 0.3) is 0 Å². The SMILES string of the molecule is COC(=O)c1ccc(CNC(=O)c2[nH]c3c(c2C)C(=O)CCC3)cc1. The number of nitrogens with one attached hydrogen (secondary N) is 2. The molecule has 2 N–H and O–H groups in total. The van der Waals surface area contributed by atoms with Crippen LogP contribution < -0.4 is 5.32 Å². The molecule has 0 bridgehead atoms. The van der Waals surface area contributed by atoms with E-state index in [0.29, 0.717) is 29.8 Å². The van der Waals surface area contributed by atoms with Crippen LogP contribution in [0.1, 0.15) is 60.9 Å². The Balaban J connectivity index is 1.69. The Morgan fingerprint density at radius 2 is 1.92 bits per heavy atom. The minimum absolute atomic E-state index is 0.104. The number of ketones is 1. The number of fused-ring (bicyclic) bond motifs is 1. The van der Waals surface area contributed by atoms with E-state index in [-0.39, 0.29) is 11.7 Å². The van der Waals surface area contributed by atoms with Crippen molar-refractivity contribution >= 4 is 17.7 Å². The average molecular weight is 340 g/mol. The summed E-state index contributed by atoms with van der Waals surface area (Å²) in [6.07, 6.45) is 2.16. The van der Waals surface area contributed by atoms with Gasteiger partial charge in [0.15, 0.2) is 5.78 Å². The Bertz CT molecular complexity index is 834. The Kier molecular flexibility index (Phi) is 4.70. The Morgan fingerprint density at radius 3 is 2.56 bits per heavy atom. The van der Waals surface area contributed by atoms with Crippen molar-refractivity contribution in [2.75, 3.05) is 7.11 Å². The van der Waals surface area contributed by atoms with Crippen molar-refractivity contribution in [3.63, 3.8) is 0 Å². The molecule has 6 heteroatoms. The maximum Gasteiger partial charge on any atom is 0.337 e. The van der Waals surface area contributed by atoms with E-state index in [2.05, 4.69) is 15.0 Å². The summed E-state index contributed by atoms with van der Waals surface area (Å²) in [5.41, 5.74) is 4.04. The maximum absolute atomic E-state index is 12.5. The minimum atomic E-state index is -0.396. The molecule has 1 amide bonds. The molecule has 1 aromatic carbocycles. The average Bonchev–Trinajstić information content (AvgIpc) is 2.97. The first-order valence-corrected chi connectivity index (χ1v) is 8.21. The number of methoxy groups -OCH3 is 1. The van der Waals surface area contributed by atoms with Gasteiger partial charge in [0.1, 0.15) is 5.69 Å². The normalized spacial score (nSPS) is 13.3. The molecule has 1 heterocycles. The van der Waals surface area contributed by atoms with Gasteiger partial charge in [-0.25, -0.2) is 4.79 Å². The molecule has 1 aliphatic rings. The molecule has 3 rings (SSSR count). The van der Waals surface area contributed by atoms with Crippen LogP contribution in [0.15, 0.2) is 24.3 Å². The fraction of sp³-hybridized carbons (Fsp3) is 0.316. The number of esters is 1. The lowest BCUT2D eigenvalue weighted by Crippen LogP contribution is -2.24. The van der Waals surface area contributed by atoms with Gasteiger partial charge in [0, 0.05) is 24.2 Å². The molecule has 0 unspecified atom stereocenters. The number of hydrogen-bond acceptors (Lipinski definition) is 4. The van der Waals surface area contributed by atoms with Crippen LogP contribution in [-0.4, -0.2) is 29.8 Å². The van der Waals surface area contributed by atoms with Crippen LogP contribution in [0.3, 0.4) is 0 Å². The van der Waals surface area contributed by atoms with Crippen LogP contribution in [-0.2, 0) is 17.7 Å². The highest BCUT2D eigenvalue weighted by Crippen LogP contribution is 2.26. The fourth-order valence-corrected chi connectivity index (χ4v) is 3.15. The second-order valence-corrected chi connectivity index (χ2v) is 6.13. The van der Waals surface area contributed by atoms with Gasteiger partial charge >= 0.3 is 5.97 Å². The molecule has 6 nitrogen and oxygen atoms in total. The third-order valence-corrected chi connectivity index (χ3v) is 4.49. The Hall–Kier alpha value is -2.89. The number of rotatable bonds is 4. The molecular weight excluding hydrogens is 320 g/mol. The first kappa shape index (κ1) is 17.0. The summed E-state index contributed by atoms with van der Waals surface area (Å²) in [5, 5.41) is 2.85. The number of carbonyl (C=O) groups is 3. The zero-order valence-electron chi connectivity index (χ0n) is 14.3. The van der Waals surface area contributed by atoms with Crippen molar-refractivity contribution in [1.29, 1.82) is 0 Å². The third kappa shape index (κ3) is 3.33. The highest BCUT2D eigenvalue weighted by atomic mass is 16.5. The molecule has 1 aliphatic carbocycles. The zero-order valence-corrected chi connectivity index (χ0v) is 14.3. The highest BCUT2D eigenvalue weighted by Gasteiger charge is 2.26. The highest BCUT2D eigenvalue weighted by molar-refractivity contribution is 6.04. The summed E-state index contributed by atoms with van der Waals surface area (Å²) in [7, 11) is 1.33. The minimum Gasteiger partial charge on any atom is -0.465 e. The monoisotopic (exact) mass is 340 g/mol. The van der Waals surface area contributed by atoms with Crippen molar-refractivity contribution in [2.45, 2.75) is 32.7 Å². The summed E-state index contributed by atoms with van der Waals surface area (Å²) in [4.78, 5) is 39.0. The number of carbonyl (C=O) groups excluding carboxylic acids is 3. The lowest BCUT2D eigenvalue weighted by Gasteiger charge is -2.09. The lowest BCUT2D eigenvalue weighted by atomic mass is 9.94. The van der Waals surface area contributed by atoms with E-state index in [1.54, 1.807) is 31.2 Å².